The Balaban J connectivity index is 0.000000211. The number of fused-ring (bicyclic) bond motifs is 4. The van der Waals surface area contributed by atoms with Crippen molar-refractivity contribution in [2.24, 2.45) is 0 Å². The Morgan fingerprint density at radius 3 is 0.482 bits per heavy atom. The third-order valence-corrected chi connectivity index (χ3v) is 29.4. The normalized spacial score (nSPS) is 11.1. The quantitative estimate of drug-likeness (QED) is 0.0845. The molecule has 1 N–H and O–H groups in total. The number of nitrogens with one attached hydrogen (secondary N) is 1. The van der Waals surface area contributed by atoms with Gasteiger partial charge >= 0.3 is 42.1 Å². The van der Waals surface area contributed by atoms with Crippen molar-refractivity contribution >= 4 is 151 Å². The Kier molecular flexibility index (Phi) is 31.1. The van der Waals surface area contributed by atoms with Gasteiger partial charge in [0.2, 0.25) is 0 Å². The molecule has 0 fully saturated rings. The van der Waals surface area contributed by atoms with Gasteiger partial charge in [-0.2, -0.15) is 0 Å². The minimum atomic E-state index is -1.42. The SMILES string of the molecule is CNC.Cc1ccc(P(c2ccc(C)cc2)c2ccc3ccccc3c2-c2c(P(c3ccc(C)cc3)c3ccc(C)cc3)ccc3ccccc23)cc1.Cc1ccc(P(c2ccc(C)cc2)c2ccc3ccccc3c2-c2c(P(c3ccc(C)cc3)c3ccc(C)cc3)ccc3ccccc23)cc1.Cl.[Cl-].[ClH+][Ru-]([ClH+])[ClH+].[Ru]. The van der Waals surface area contributed by atoms with Crippen molar-refractivity contribution in [3.8, 4) is 22.3 Å². The molecule has 0 radical (unpaired) electrons. The molecule has 0 aromatic heterocycles. The molecule has 0 bridgehead atoms. The van der Waals surface area contributed by atoms with Crippen molar-refractivity contribution in [1.82, 2.24) is 5.32 Å². The molecule has 12 heteroatoms. The van der Waals surface area contributed by atoms with E-state index in [1.165, 1.54) is 174 Å². The van der Waals surface area contributed by atoms with E-state index in [0.717, 1.165) is 0 Å². The van der Waals surface area contributed by atoms with Crippen molar-refractivity contribution < 1.29 is 73.9 Å². The van der Waals surface area contributed by atoms with Crippen molar-refractivity contribution in [3.05, 3.63) is 384 Å². The molecule has 0 unspecified atom stereocenters. The third-order valence-electron chi connectivity index (χ3n) is 19.4. The molecule has 0 spiro atoms. The standard InChI is InChI=1S/2C48H40P2.C2H7N.5ClH.2Ru/c2*1-33-13-23-39(24-14-33)49(40-25-15-34(2)16-26-40)45-31-21-37-9-5-7-11-43(37)47(45)48-44-12-8-6-10-38(44)22-32-46(48)50(41-27-17-35(3)18-28-41)42-29-19-36(4)20-30-42;1-3-2;;;;;;;/h2*5-32H,1-4H3;3H,1-2H3;5*1H;;/q;;;;;;;;;+2/p-1. The van der Waals surface area contributed by atoms with Crippen LogP contribution in [0.25, 0.3) is 65.3 Å². The third kappa shape index (κ3) is 19.9. The maximum Gasteiger partial charge on any atom is 0 e. The summed E-state index contributed by atoms with van der Waals surface area (Å²) in [6.07, 6.45) is 0. The summed E-state index contributed by atoms with van der Waals surface area (Å²) in [6, 6.07) is 129. The molecule has 0 saturated heterocycles. The zero-order valence-electron chi connectivity index (χ0n) is 63.3. The van der Waals surface area contributed by atoms with Gasteiger partial charge in [0.15, 0.2) is 0 Å². The summed E-state index contributed by atoms with van der Waals surface area (Å²) in [5, 5.41) is 29.5. The average Bonchev–Trinajstić information content (AvgIpc) is 0.737. The van der Waals surface area contributed by atoms with E-state index in [9.17, 15) is 0 Å². The maximum atomic E-state index is 4.39. The van der Waals surface area contributed by atoms with Crippen molar-refractivity contribution in [2.45, 2.75) is 55.4 Å². The van der Waals surface area contributed by atoms with Crippen LogP contribution < -0.4 is 81.4 Å². The topological polar surface area (TPSA) is 12.0 Å². The predicted molar refractivity (Wildman–Crippen MR) is 473 cm³/mol. The summed E-state index contributed by atoms with van der Waals surface area (Å²) in [5.74, 6) is 0. The van der Waals surface area contributed by atoms with Crippen LogP contribution in [-0.2, 0) is 32.5 Å². The number of aryl methyl sites for hydroxylation is 8. The number of rotatable bonds is 14. The van der Waals surface area contributed by atoms with Gasteiger partial charge in [0, 0.05) is 19.5 Å². The molecule has 110 heavy (non-hydrogen) atoms. The first-order valence-electron chi connectivity index (χ1n) is 36.1. The van der Waals surface area contributed by atoms with Gasteiger partial charge in [0.05, 0.1) is 0 Å². The second-order valence-corrected chi connectivity index (χ2v) is 45.4. The molecule has 0 atom stereocenters. The molecule has 16 aromatic rings. The van der Waals surface area contributed by atoms with Crippen LogP contribution in [0.4, 0.5) is 0 Å². The molecule has 16 aromatic carbocycles. The van der Waals surface area contributed by atoms with Crippen LogP contribution in [0.2, 0.25) is 0 Å². The Morgan fingerprint density at radius 1 is 0.218 bits per heavy atom. The fourth-order valence-electron chi connectivity index (χ4n) is 14.1. The van der Waals surface area contributed by atoms with Gasteiger partial charge in [-0.15, -0.1) is 12.4 Å². The molecular formula is C98H91Cl5NP4Ru2+. The molecule has 0 heterocycles. The van der Waals surface area contributed by atoms with E-state index in [4.69, 9.17) is 0 Å². The second kappa shape index (κ2) is 40.1. The second-order valence-electron chi connectivity index (χ2n) is 27.4. The Hall–Kier alpha value is -7.06. The summed E-state index contributed by atoms with van der Waals surface area (Å²) >= 11 is -1.42. The molecule has 0 aliphatic carbocycles. The summed E-state index contributed by atoms with van der Waals surface area (Å²) in [7, 11) is 13.4. The zero-order chi connectivity index (χ0) is 74.7. The fourth-order valence-corrected chi connectivity index (χ4v) is 23.8. The Labute approximate surface area is 699 Å². The predicted octanol–water partition coefficient (Wildman–Crippen LogP) is 17.3. The molecule has 0 amide bonds. The molecule has 558 valence electrons. The van der Waals surface area contributed by atoms with Gasteiger partial charge in [-0.05, 0) is 230 Å². The summed E-state index contributed by atoms with van der Waals surface area (Å²) < 4.78 is 0. The Bertz CT molecular complexity index is 4820. The van der Waals surface area contributed by atoms with Gasteiger partial charge in [0.25, 0.3) is 0 Å². The van der Waals surface area contributed by atoms with Crippen molar-refractivity contribution in [2.75, 3.05) is 14.1 Å². The molecule has 0 saturated carbocycles. The van der Waals surface area contributed by atoms with E-state index >= 15 is 0 Å². The monoisotopic (exact) mass is 1780 g/mol. The first-order valence-corrected chi connectivity index (χ1v) is 48.8. The summed E-state index contributed by atoms with van der Waals surface area (Å²) in [5.41, 5.74) is 15.7. The smallest absolute Gasteiger partial charge is 0 e. The van der Waals surface area contributed by atoms with Crippen molar-refractivity contribution in [1.29, 1.82) is 0 Å². The number of halogens is 5. The van der Waals surface area contributed by atoms with Gasteiger partial charge in [-0.3, -0.25) is 0 Å². The first-order chi connectivity index (χ1) is 52.0. The Morgan fingerprint density at radius 2 is 0.345 bits per heavy atom. The van der Waals surface area contributed by atoms with E-state index in [1.54, 1.807) is 0 Å². The van der Waals surface area contributed by atoms with Crippen LogP contribution in [0.3, 0.4) is 0 Å². The van der Waals surface area contributed by atoms with Crippen LogP contribution in [0.5, 0.6) is 0 Å². The largest absolute Gasteiger partial charge is 0 e. The van der Waals surface area contributed by atoms with Crippen LogP contribution in [0.15, 0.2) is 340 Å². The van der Waals surface area contributed by atoms with E-state index in [1.807, 2.05) is 14.1 Å². The number of hydrogen-bond donors (Lipinski definition) is 1. The molecular weight excluding hydrogens is 1690 g/mol. The number of hydrogen-bond acceptors (Lipinski definition) is 1. The average molecular weight is 1790 g/mol. The first kappa shape index (κ1) is 85.4. The molecule has 1 nitrogen and oxygen atoms in total. The number of benzene rings is 16. The minimum absolute atomic E-state index is 0. The van der Waals surface area contributed by atoms with Gasteiger partial charge in [-0.25, -0.2) is 0 Å². The van der Waals surface area contributed by atoms with Gasteiger partial charge < -0.3 is 17.7 Å². The maximum absolute atomic E-state index is 4.39. The minimum Gasteiger partial charge on any atom is 0 e. The van der Waals surface area contributed by atoms with E-state index in [0.29, 0.717) is 0 Å². The molecule has 0 aliphatic rings. The molecule has 16 rings (SSSR count). The van der Waals surface area contributed by atoms with Crippen LogP contribution in [0, 0.1) is 84.5 Å². The van der Waals surface area contributed by atoms with Gasteiger partial charge in [-0.1, -0.05) is 384 Å². The van der Waals surface area contributed by atoms with Crippen LogP contribution in [0.1, 0.15) is 44.5 Å². The van der Waals surface area contributed by atoms with E-state index in [2.05, 4.69) is 429 Å². The van der Waals surface area contributed by atoms with Gasteiger partial charge in [0.1, 0.15) is 0 Å². The fraction of sp³-hybridized carbons (Fsp3) is 0.102. The zero-order valence-corrected chi connectivity index (χ0v) is 74.4. The molecule has 0 aliphatic heterocycles. The van der Waals surface area contributed by atoms with Crippen LogP contribution >= 0.6 is 44.1 Å². The summed E-state index contributed by atoms with van der Waals surface area (Å²) in [4.78, 5) is 0. The van der Waals surface area contributed by atoms with E-state index < -0.39 is 44.7 Å². The summed E-state index contributed by atoms with van der Waals surface area (Å²) in [6.45, 7) is 17.4. The van der Waals surface area contributed by atoms with Crippen molar-refractivity contribution in [3.63, 3.8) is 0 Å². The van der Waals surface area contributed by atoms with Crippen LogP contribution in [-0.4, -0.2) is 14.1 Å². The van der Waals surface area contributed by atoms with E-state index in [-0.39, 0.29) is 44.3 Å².